The summed E-state index contributed by atoms with van der Waals surface area (Å²) in [5, 5.41) is 11.6. The minimum absolute atomic E-state index is 0.665. The standard InChI is InChI=1S/C26H22N6O2/c1-13-23(14(2)34-32-13)18-10-21-17(11-22(18)33-4)24-25(28-15(3)29-26(24)31-21)30-20-7-5-6-16-8-9-27-12-19(16)20/h5-12H,1-4H3,(H2,28,29,30,31). The van der Waals surface area contributed by atoms with Gasteiger partial charge in [-0.05, 0) is 50.4 Å². The molecule has 0 aliphatic rings. The quantitative estimate of drug-likeness (QED) is 0.340. The third-order valence-electron chi connectivity index (χ3n) is 6.12. The fraction of sp³-hybridized carbons (Fsp3) is 0.154. The second-order valence-electron chi connectivity index (χ2n) is 8.29. The second-order valence-corrected chi connectivity index (χ2v) is 8.29. The Kier molecular flexibility index (Phi) is 4.48. The molecule has 8 nitrogen and oxygen atoms in total. The van der Waals surface area contributed by atoms with E-state index in [4.69, 9.17) is 14.2 Å². The third kappa shape index (κ3) is 3.07. The van der Waals surface area contributed by atoms with Gasteiger partial charge in [0.05, 0.1) is 23.8 Å². The molecule has 34 heavy (non-hydrogen) atoms. The van der Waals surface area contributed by atoms with Gasteiger partial charge in [-0.1, -0.05) is 17.3 Å². The lowest BCUT2D eigenvalue weighted by Crippen LogP contribution is -1.99. The van der Waals surface area contributed by atoms with E-state index in [1.807, 2.05) is 51.2 Å². The molecular weight excluding hydrogens is 428 g/mol. The van der Waals surface area contributed by atoms with Gasteiger partial charge in [0.1, 0.15) is 28.8 Å². The number of pyridine rings is 1. The number of aromatic nitrogens is 5. The van der Waals surface area contributed by atoms with Gasteiger partial charge in [-0.3, -0.25) is 4.98 Å². The summed E-state index contributed by atoms with van der Waals surface area (Å²) in [6.07, 6.45) is 3.65. The molecule has 6 rings (SSSR count). The molecule has 0 aliphatic carbocycles. The molecule has 0 spiro atoms. The number of H-pyrrole nitrogens is 1. The fourth-order valence-electron chi connectivity index (χ4n) is 4.61. The summed E-state index contributed by atoms with van der Waals surface area (Å²) < 4.78 is 11.2. The maximum atomic E-state index is 5.79. The number of hydrogen-bond acceptors (Lipinski definition) is 7. The number of ether oxygens (including phenoxy) is 1. The topological polar surface area (TPSA) is 102 Å². The largest absolute Gasteiger partial charge is 0.496 e. The highest BCUT2D eigenvalue weighted by molar-refractivity contribution is 6.14. The van der Waals surface area contributed by atoms with Gasteiger partial charge in [0.25, 0.3) is 0 Å². The predicted octanol–water partition coefficient (Wildman–Crippen LogP) is 5.99. The Hall–Kier alpha value is -4.46. The SMILES string of the molecule is COc1cc2c(cc1-c1c(C)noc1C)[nH]c1nc(C)nc(Nc3cccc4ccncc34)c12. The summed E-state index contributed by atoms with van der Waals surface area (Å²) in [6, 6.07) is 12.2. The highest BCUT2D eigenvalue weighted by Crippen LogP contribution is 2.41. The van der Waals surface area contributed by atoms with Crippen molar-refractivity contribution in [3.8, 4) is 16.9 Å². The maximum absolute atomic E-state index is 5.79. The highest BCUT2D eigenvalue weighted by atomic mass is 16.5. The maximum Gasteiger partial charge on any atom is 0.144 e. The van der Waals surface area contributed by atoms with Gasteiger partial charge in [-0.15, -0.1) is 0 Å². The van der Waals surface area contributed by atoms with E-state index in [1.54, 1.807) is 13.3 Å². The Morgan fingerprint density at radius 1 is 1.03 bits per heavy atom. The van der Waals surface area contributed by atoms with Crippen LogP contribution in [0.1, 0.15) is 17.3 Å². The zero-order valence-corrected chi connectivity index (χ0v) is 19.2. The summed E-state index contributed by atoms with van der Waals surface area (Å²) in [4.78, 5) is 17.2. The number of methoxy groups -OCH3 is 1. The van der Waals surface area contributed by atoms with E-state index in [0.717, 1.165) is 72.5 Å². The van der Waals surface area contributed by atoms with Crippen molar-refractivity contribution < 1.29 is 9.26 Å². The molecule has 0 atom stereocenters. The Morgan fingerprint density at radius 3 is 2.71 bits per heavy atom. The van der Waals surface area contributed by atoms with Crippen LogP contribution in [-0.4, -0.2) is 32.2 Å². The molecule has 4 heterocycles. The molecule has 2 N–H and O–H groups in total. The van der Waals surface area contributed by atoms with Crippen LogP contribution < -0.4 is 10.1 Å². The second kappa shape index (κ2) is 7.55. The van der Waals surface area contributed by atoms with Gasteiger partial charge in [0.2, 0.25) is 0 Å². The van der Waals surface area contributed by atoms with Crippen LogP contribution in [0.3, 0.4) is 0 Å². The molecule has 0 aliphatic heterocycles. The van der Waals surface area contributed by atoms with Crippen LogP contribution in [0.25, 0.3) is 43.8 Å². The molecule has 8 heteroatoms. The van der Waals surface area contributed by atoms with E-state index in [0.29, 0.717) is 5.82 Å². The smallest absolute Gasteiger partial charge is 0.144 e. The highest BCUT2D eigenvalue weighted by Gasteiger charge is 2.20. The van der Waals surface area contributed by atoms with Crippen molar-refractivity contribution in [3.05, 3.63) is 66.1 Å². The van der Waals surface area contributed by atoms with Crippen molar-refractivity contribution in [2.45, 2.75) is 20.8 Å². The fourth-order valence-corrected chi connectivity index (χ4v) is 4.61. The zero-order chi connectivity index (χ0) is 23.4. The van der Waals surface area contributed by atoms with Crippen molar-refractivity contribution in [3.63, 3.8) is 0 Å². The molecule has 168 valence electrons. The summed E-state index contributed by atoms with van der Waals surface area (Å²) in [6.45, 7) is 5.72. The van der Waals surface area contributed by atoms with Crippen molar-refractivity contribution in [2.75, 3.05) is 12.4 Å². The average Bonchev–Trinajstić information content (AvgIpc) is 3.36. The van der Waals surface area contributed by atoms with Crippen LogP contribution in [0, 0.1) is 20.8 Å². The molecule has 0 amide bonds. The number of hydrogen-bond donors (Lipinski definition) is 2. The molecule has 6 aromatic rings. The molecule has 0 fully saturated rings. The van der Waals surface area contributed by atoms with Crippen molar-refractivity contribution in [2.24, 2.45) is 0 Å². The number of nitrogens with one attached hydrogen (secondary N) is 2. The zero-order valence-electron chi connectivity index (χ0n) is 19.2. The first-order valence-electron chi connectivity index (χ1n) is 10.9. The molecule has 0 saturated carbocycles. The molecule has 0 unspecified atom stereocenters. The number of aromatic amines is 1. The Balaban J connectivity index is 1.59. The van der Waals surface area contributed by atoms with Crippen LogP contribution in [0.5, 0.6) is 5.75 Å². The van der Waals surface area contributed by atoms with Gasteiger partial charge < -0.3 is 19.6 Å². The van der Waals surface area contributed by atoms with Gasteiger partial charge in [-0.25, -0.2) is 9.97 Å². The minimum atomic E-state index is 0.665. The lowest BCUT2D eigenvalue weighted by atomic mass is 10.0. The molecule has 2 aromatic carbocycles. The first kappa shape index (κ1) is 20.2. The first-order valence-corrected chi connectivity index (χ1v) is 10.9. The Labute approximate surface area is 195 Å². The summed E-state index contributed by atoms with van der Waals surface area (Å²) in [5.74, 6) is 2.85. The Bertz CT molecular complexity index is 1690. The number of fused-ring (bicyclic) bond motifs is 4. The summed E-state index contributed by atoms with van der Waals surface area (Å²) >= 11 is 0. The van der Waals surface area contributed by atoms with Gasteiger partial charge in [0, 0.05) is 39.9 Å². The summed E-state index contributed by atoms with van der Waals surface area (Å²) in [5.41, 5.74) is 5.26. The van der Waals surface area contributed by atoms with Crippen LogP contribution in [0.2, 0.25) is 0 Å². The van der Waals surface area contributed by atoms with Gasteiger partial charge >= 0.3 is 0 Å². The molecular formula is C26H22N6O2. The van der Waals surface area contributed by atoms with E-state index >= 15 is 0 Å². The van der Waals surface area contributed by atoms with Gasteiger partial charge in [0.15, 0.2) is 0 Å². The third-order valence-corrected chi connectivity index (χ3v) is 6.12. The van der Waals surface area contributed by atoms with Crippen LogP contribution in [0.15, 0.2) is 53.3 Å². The molecule has 0 saturated heterocycles. The number of benzene rings is 2. The van der Waals surface area contributed by atoms with E-state index in [1.165, 1.54) is 0 Å². The molecule has 0 bridgehead atoms. The van der Waals surface area contributed by atoms with Crippen molar-refractivity contribution in [1.82, 2.24) is 25.1 Å². The number of aryl methyl sites for hydroxylation is 3. The van der Waals surface area contributed by atoms with Gasteiger partial charge in [-0.2, -0.15) is 0 Å². The van der Waals surface area contributed by atoms with E-state index in [-0.39, 0.29) is 0 Å². The van der Waals surface area contributed by atoms with Crippen molar-refractivity contribution >= 4 is 44.2 Å². The summed E-state index contributed by atoms with van der Waals surface area (Å²) in [7, 11) is 1.67. The average molecular weight is 451 g/mol. The number of nitrogens with zero attached hydrogens (tertiary/aromatic N) is 4. The van der Waals surface area contributed by atoms with Crippen LogP contribution >= 0.6 is 0 Å². The van der Waals surface area contributed by atoms with E-state index in [2.05, 4.69) is 37.6 Å². The van der Waals surface area contributed by atoms with E-state index < -0.39 is 0 Å². The number of anilines is 2. The van der Waals surface area contributed by atoms with Crippen LogP contribution in [-0.2, 0) is 0 Å². The van der Waals surface area contributed by atoms with E-state index in [9.17, 15) is 0 Å². The lowest BCUT2D eigenvalue weighted by Gasteiger charge is -2.11. The van der Waals surface area contributed by atoms with Crippen molar-refractivity contribution in [1.29, 1.82) is 0 Å². The number of rotatable bonds is 4. The van der Waals surface area contributed by atoms with Crippen LogP contribution in [0.4, 0.5) is 11.5 Å². The molecule has 4 aromatic heterocycles. The minimum Gasteiger partial charge on any atom is -0.496 e. The molecule has 0 radical (unpaired) electrons. The predicted molar refractivity (Wildman–Crippen MR) is 133 cm³/mol. The first-order chi connectivity index (χ1) is 16.5. The Morgan fingerprint density at radius 2 is 1.91 bits per heavy atom. The monoisotopic (exact) mass is 450 g/mol. The lowest BCUT2D eigenvalue weighted by molar-refractivity contribution is 0.393. The normalized spacial score (nSPS) is 11.5.